The van der Waals surface area contributed by atoms with Gasteiger partial charge in [0.25, 0.3) is 0 Å². The number of allylic oxidation sites excluding steroid dienone is 3. The third kappa shape index (κ3) is 5.27. The Labute approximate surface area is 258 Å². The zero-order valence-corrected chi connectivity index (χ0v) is 26.7. The zero-order valence-electron chi connectivity index (χ0n) is 26.7. The SMILES string of the molecule is CC1=C2CC3C(CCC4=CC(=O)CCC43C)C2CCC2(C1)OC1CCCN(CCNC(=O)CCc3ccccc3)C1C2C. The summed E-state index contributed by atoms with van der Waals surface area (Å²) in [5.74, 6) is 3.15. The highest BCUT2D eigenvalue weighted by Gasteiger charge is 2.59. The molecule has 232 valence electrons. The Hall–Kier alpha value is -2.24. The molecule has 5 nitrogen and oxygen atoms in total. The molecule has 2 heterocycles. The van der Waals surface area contributed by atoms with Gasteiger partial charge in [-0.05, 0) is 112 Å². The molecule has 43 heavy (non-hydrogen) atoms. The van der Waals surface area contributed by atoms with Crippen molar-refractivity contribution in [3.63, 3.8) is 0 Å². The Morgan fingerprint density at radius 1 is 1.12 bits per heavy atom. The number of rotatable bonds is 6. The van der Waals surface area contributed by atoms with Crippen molar-refractivity contribution < 1.29 is 14.3 Å². The summed E-state index contributed by atoms with van der Waals surface area (Å²) in [7, 11) is 0. The number of fused-ring (bicyclic) bond motifs is 6. The van der Waals surface area contributed by atoms with Crippen molar-refractivity contribution in [1.29, 1.82) is 0 Å². The maximum atomic E-state index is 12.6. The summed E-state index contributed by atoms with van der Waals surface area (Å²) in [6.07, 6.45) is 14.9. The monoisotopic (exact) mass is 584 g/mol. The molecule has 6 aliphatic rings. The number of hydrogen-bond donors (Lipinski definition) is 1. The van der Waals surface area contributed by atoms with Gasteiger partial charge in [0.2, 0.25) is 5.91 Å². The fourth-order valence-corrected chi connectivity index (χ4v) is 10.8. The summed E-state index contributed by atoms with van der Waals surface area (Å²) < 4.78 is 7.21. The number of piperidine rings is 1. The first-order chi connectivity index (χ1) is 20.8. The Balaban J connectivity index is 1.01. The van der Waals surface area contributed by atoms with E-state index in [1.54, 1.807) is 11.1 Å². The lowest BCUT2D eigenvalue weighted by molar-refractivity contribution is -0.121. The Bertz CT molecular complexity index is 1300. The normalized spacial score (nSPS) is 39.0. The molecule has 1 N–H and O–H groups in total. The first kappa shape index (κ1) is 29.5. The highest BCUT2D eigenvalue weighted by Crippen LogP contribution is 2.64. The predicted octanol–water partition coefficient (Wildman–Crippen LogP) is 6.82. The molecule has 4 aliphatic carbocycles. The number of ketones is 1. The number of aryl methyl sites for hydroxylation is 1. The number of nitrogens with one attached hydrogen (secondary N) is 1. The lowest BCUT2D eigenvalue weighted by Gasteiger charge is -2.48. The van der Waals surface area contributed by atoms with Crippen LogP contribution in [0.3, 0.4) is 0 Å². The minimum absolute atomic E-state index is 0.0608. The Morgan fingerprint density at radius 2 is 1.95 bits per heavy atom. The van der Waals surface area contributed by atoms with Crippen LogP contribution in [0.4, 0.5) is 0 Å². The predicted molar refractivity (Wildman–Crippen MR) is 170 cm³/mol. The first-order valence-corrected chi connectivity index (χ1v) is 17.4. The molecule has 1 spiro atoms. The molecular formula is C38H52N2O3. The van der Waals surface area contributed by atoms with Gasteiger partial charge >= 0.3 is 0 Å². The van der Waals surface area contributed by atoms with Crippen molar-refractivity contribution >= 4 is 11.7 Å². The van der Waals surface area contributed by atoms with E-state index < -0.39 is 0 Å². The molecule has 1 amide bonds. The number of hydrogen-bond acceptors (Lipinski definition) is 4. The van der Waals surface area contributed by atoms with Gasteiger partial charge in [0, 0.05) is 37.9 Å². The second kappa shape index (κ2) is 11.6. The molecule has 1 aromatic carbocycles. The molecule has 8 atom stereocenters. The van der Waals surface area contributed by atoms with Gasteiger partial charge in [-0.3, -0.25) is 14.5 Å². The maximum Gasteiger partial charge on any atom is 0.220 e. The number of likely N-dealkylation sites (tertiary alicyclic amines) is 1. The van der Waals surface area contributed by atoms with Crippen LogP contribution in [0.2, 0.25) is 0 Å². The molecule has 7 rings (SSSR count). The maximum absolute atomic E-state index is 12.6. The van der Waals surface area contributed by atoms with E-state index in [0.717, 1.165) is 64.0 Å². The second-order valence-electron chi connectivity index (χ2n) is 15.2. The summed E-state index contributed by atoms with van der Waals surface area (Å²) in [5.41, 5.74) is 6.21. The van der Waals surface area contributed by atoms with E-state index in [4.69, 9.17) is 4.74 Å². The molecule has 0 radical (unpaired) electrons. The van der Waals surface area contributed by atoms with Gasteiger partial charge in [0.1, 0.15) is 0 Å². The smallest absolute Gasteiger partial charge is 0.220 e. The van der Waals surface area contributed by atoms with Crippen LogP contribution >= 0.6 is 0 Å². The third-order valence-corrected chi connectivity index (χ3v) is 13.1. The van der Waals surface area contributed by atoms with Crippen LogP contribution in [-0.4, -0.2) is 54.0 Å². The second-order valence-corrected chi connectivity index (χ2v) is 15.2. The minimum atomic E-state index is -0.0608. The van der Waals surface area contributed by atoms with E-state index in [2.05, 4.69) is 43.1 Å². The van der Waals surface area contributed by atoms with Crippen LogP contribution < -0.4 is 5.32 Å². The van der Waals surface area contributed by atoms with Gasteiger partial charge in [-0.2, -0.15) is 0 Å². The summed E-state index contributed by atoms with van der Waals surface area (Å²) in [5, 5.41) is 3.21. The van der Waals surface area contributed by atoms with E-state index >= 15 is 0 Å². The van der Waals surface area contributed by atoms with Crippen molar-refractivity contribution in [2.24, 2.45) is 29.1 Å². The molecule has 8 unspecified atom stereocenters. The fourth-order valence-electron chi connectivity index (χ4n) is 10.8. The summed E-state index contributed by atoms with van der Waals surface area (Å²) in [6.45, 7) is 10.1. The summed E-state index contributed by atoms with van der Waals surface area (Å²) >= 11 is 0. The number of amides is 1. The van der Waals surface area contributed by atoms with Crippen LogP contribution in [0.25, 0.3) is 0 Å². The standard InChI is InChI=1S/C38H52N2O3/c1-25-24-38(18-16-30-31-13-12-28-22-29(41)15-17-37(28,3)33(31)23-32(25)30)26(2)36-34(43-38)10-7-20-40(36)21-19-39-35(42)14-11-27-8-5-4-6-9-27/h4-6,8-9,22,26,30-31,33-34,36H,7,10-21,23-24H2,1-3H3,(H,39,42). The van der Waals surface area contributed by atoms with Gasteiger partial charge in [0.05, 0.1) is 11.7 Å². The summed E-state index contributed by atoms with van der Waals surface area (Å²) in [6, 6.07) is 10.7. The van der Waals surface area contributed by atoms with Crippen molar-refractivity contribution in [3.8, 4) is 0 Å². The highest BCUT2D eigenvalue weighted by molar-refractivity contribution is 5.91. The van der Waals surface area contributed by atoms with E-state index in [1.165, 1.54) is 36.8 Å². The van der Waals surface area contributed by atoms with Gasteiger partial charge in [-0.25, -0.2) is 0 Å². The van der Waals surface area contributed by atoms with E-state index in [9.17, 15) is 9.59 Å². The van der Waals surface area contributed by atoms with E-state index in [1.807, 2.05) is 24.3 Å². The van der Waals surface area contributed by atoms with Crippen molar-refractivity contribution in [2.75, 3.05) is 19.6 Å². The zero-order chi connectivity index (χ0) is 29.8. The largest absolute Gasteiger partial charge is 0.369 e. The number of ether oxygens (including phenoxy) is 1. The lowest BCUT2D eigenvalue weighted by atomic mass is 9.56. The third-order valence-electron chi connectivity index (χ3n) is 13.1. The molecule has 2 aliphatic heterocycles. The number of benzene rings is 1. The van der Waals surface area contributed by atoms with Crippen LogP contribution in [-0.2, 0) is 20.7 Å². The minimum Gasteiger partial charge on any atom is -0.369 e. The lowest BCUT2D eigenvalue weighted by Crippen LogP contribution is -2.51. The van der Waals surface area contributed by atoms with Crippen molar-refractivity contribution in [2.45, 2.75) is 116 Å². The van der Waals surface area contributed by atoms with Gasteiger partial charge in [-0.15, -0.1) is 0 Å². The average molecular weight is 585 g/mol. The van der Waals surface area contributed by atoms with Gasteiger partial charge in [-0.1, -0.05) is 60.9 Å². The number of carbonyl (C=O) groups excluding carboxylic acids is 2. The molecule has 0 bridgehead atoms. The van der Waals surface area contributed by atoms with E-state index in [0.29, 0.717) is 48.6 Å². The number of nitrogens with zero attached hydrogens (tertiary/aromatic N) is 1. The molecular weight excluding hydrogens is 532 g/mol. The van der Waals surface area contributed by atoms with Crippen molar-refractivity contribution in [1.82, 2.24) is 10.2 Å². The molecule has 2 saturated carbocycles. The topological polar surface area (TPSA) is 58.6 Å². The number of carbonyl (C=O) groups is 2. The molecule has 4 fully saturated rings. The van der Waals surface area contributed by atoms with Crippen LogP contribution in [0.15, 0.2) is 53.1 Å². The molecule has 0 aromatic heterocycles. The van der Waals surface area contributed by atoms with Crippen LogP contribution in [0, 0.1) is 29.1 Å². The average Bonchev–Trinajstić information content (AvgIpc) is 3.47. The Morgan fingerprint density at radius 3 is 2.79 bits per heavy atom. The highest BCUT2D eigenvalue weighted by atomic mass is 16.5. The molecule has 1 aromatic rings. The van der Waals surface area contributed by atoms with Crippen molar-refractivity contribution in [3.05, 3.63) is 58.7 Å². The summed E-state index contributed by atoms with van der Waals surface area (Å²) in [4.78, 5) is 27.5. The quantitative estimate of drug-likeness (QED) is 0.373. The van der Waals surface area contributed by atoms with Crippen LogP contribution in [0.1, 0.15) is 97.0 Å². The Kier molecular flexibility index (Phi) is 7.95. The van der Waals surface area contributed by atoms with Crippen LogP contribution in [0.5, 0.6) is 0 Å². The molecule has 2 saturated heterocycles. The molecule has 5 heteroatoms. The fraction of sp³-hybridized carbons (Fsp3) is 0.684. The van der Waals surface area contributed by atoms with Gasteiger partial charge < -0.3 is 10.1 Å². The van der Waals surface area contributed by atoms with E-state index in [-0.39, 0.29) is 16.9 Å². The van der Waals surface area contributed by atoms with Gasteiger partial charge in [0.15, 0.2) is 5.78 Å². The first-order valence-electron chi connectivity index (χ1n) is 17.4.